The number of aromatic nitrogens is 4. The summed E-state index contributed by atoms with van der Waals surface area (Å²) in [6.45, 7) is 2.66. The van der Waals surface area contributed by atoms with Gasteiger partial charge in [-0.15, -0.1) is 0 Å². The highest BCUT2D eigenvalue weighted by Gasteiger charge is 2.23. The van der Waals surface area contributed by atoms with Crippen molar-refractivity contribution < 1.29 is 0 Å². The SMILES string of the molecule is O=c1cc2c(nn1CC1CCN(c3nc4ccccc4[nH]3)CC1)CCC2. The summed E-state index contributed by atoms with van der Waals surface area (Å²) in [5.74, 6) is 1.46. The summed E-state index contributed by atoms with van der Waals surface area (Å²) in [5.41, 5.74) is 4.44. The molecule has 0 saturated carbocycles. The number of H-pyrrole nitrogens is 1. The van der Waals surface area contributed by atoms with Crippen molar-refractivity contribution >= 4 is 17.0 Å². The summed E-state index contributed by atoms with van der Waals surface area (Å²) < 4.78 is 1.70. The fraction of sp³-hybridized carbons (Fsp3) is 0.450. The van der Waals surface area contributed by atoms with Gasteiger partial charge in [0, 0.05) is 25.7 Å². The number of hydrogen-bond donors (Lipinski definition) is 1. The van der Waals surface area contributed by atoms with Gasteiger partial charge < -0.3 is 9.88 Å². The van der Waals surface area contributed by atoms with Gasteiger partial charge in [0.05, 0.1) is 16.7 Å². The van der Waals surface area contributed by atoms with Gasteiger partial charge in [-0.3, -0.25) is 4.79 Å². The monoisotopic (exact) mass is 349 g/mol. The first-order chi connectivity index (χ1) is 12.8. The molecule has 2 aromatic heterocycles. The predicted molar refractivity (Wildman–Crippen MR) is 102 cm³/mol. The molecular weight excluding hydrogens is 326 g/mol. The van der Waals surface area contributed by atoms with Crippen molar-refractivity contribution in [3.8, 4) is 0 Å². The molecule has 1 N–H and O–H groups in total. The van der Waals surface area contributed by atoms with Crippen LogP contribution in [0.2, 0.25) is 0 Å². The Labute approximate surface area is 151 Å². The molecule has 0 spiro atoms. The van der Waals surface area contributed by atoms with Gasteiger partial charge in [-0.1, -0.05) is 12.1 Å². The summed E-state index contributed by atoms with van der Waals surface area (Å²) in [4.78, 5) is 22.7. The minimum atomic E-state index is 0.0605. The van der Waals surface area contributed by atoms with E-state index in [9.17, 15) is 4.79 Å². The maximum atomic E-state index is 12.3. The number of benzene rings is 1. The number of imidazole rings is 1. The molecule has 2 aliphatic rings. The Morgan fingerprint density at radius 1 is 1.15 bits per heavy atom. The molecule has 6 heteroatoms. The van der Waals surface area contributed by atoms with Crippen molar-refractivity contribution in [1.29, 1.82) is 0 Å². The second kappa shape index (κ2) is 6.27. The zero-order chi connectivity index (χ0) is 17.5. The van der Waals surface area contributed by atoms with Crippen LogP contribution in [0.3, 0.4) is 0 Å². The minimum Gasteiger partial charge on any atom is -0.342 e. The highest BCUT2D eigenvalue weighted by molar-refractivity contribution is 5.77. The molecule has 26 heavy (non-hydrogen) atoms. The van der Waals surface area contributed by atoms with E-state index in [0.29, 0.717) is 5.92 Å². The Morgan fingerprint density at radius 2 is 2.00 bits per heavy atom. The van der Waals surface area contributed by atoms with Gasteiger partial charge in [-0.25, -0.2) is 9.67 Å². The van der Waals surface area contributed by atoms with Crippen LogP contribution in [-0.2, 0) is 19.4 Å². The number of piperidine rings is 1. The highest BCUT2D eigenvalue weighted by Crippen LogP contribution is 2.24. The summed E-state index contributed by atoms with van der Waals surface area (Å²) in [6.07, 6.45) is 5.26. The summed E-state index contributed by atoms with van der Waals surface area (Å²) >= 11 is 0. The second-order valence-corrected chi connectivity index (χ2v) is 7.50. The Hall–Kier alpha value is -2.63. The van der Waals surface area contributed by atoms with Crippen molar-refractivity contribution in [2.24, 2.45) is 5.92 Å². The van der Waals surface area contributed by atoms with E-state index in [1.165, 1.54) is 0 Å². The number of aryl methyl sites for hydroxylation is 2. The Balaban J connectivity index is 1.27. The fourth-order valence-corrected chi connectivity index (χ4v) is 4.23. The highest BCUT2D eigenvalue weighted by atomic mass is 16.1. The van der Waals surface area contributed by atoms with Crippen LogP contribution in [0.5, 0.6) is 0 Å². The van der Waals surface area contributed by atoms with Gasteiger partial charge in [0.15, 0.2) is 0 Å². The number of aromatic amines is 1. The molecule has 3 heterocycles. The number of fused-ring (bicyclic) bond motifs is 2. The van der Waals surface area contributed by atoms with E-state index in [1.807, 2.05) is 18.2 Å². The molecule has 1 aliphatic carbocycles. The second-order valence-electron chi connectivity index (χ2n) is 7.50. The smallest absolute Gasteiger partial charge is 0.267 e. The molecule has 5 rings (SSSR count). The fourth-order valence-electron chi connectivity index (χ4n) is 4.23. The van der Waals surface area contributed by atoms with E-state index in [4.69, 9.17) is 4.98 Å². The third-order valence-corrected chi connectivity index (χ3v) is 5.75. The molecule has 0 bridgehead atoms. The predicted octanol–water partition coefficient (Wildman–Crippen LogP) is 2.52. The van der Waals surface area contributed by atoms with Gasteiger partial charge >= 0.3 is 0 Å². The summed E-state index contributed by atoms with van der Waals surface area (Å²) in [5, 5.41) is 4.62. The Kier molecular flexibility index (Phi) is 3.76. The lowest BCUT2D eigenvalue weighted by molar-refractivity contribution is 0.332. The number of anilines is 1. The van der Waals surface area contributed by atoms with E-state index < -0.39 is 0 Å². The van der Waals surface area contributed by atoms with Gasteiger partial charge in [0.2, 0.25) is 5.95 Å². The first-order valence-corrected chi connectivity index (χ1v) is 9.56. The van der Waals surface area contributed by atoms with Gasteiger partial charge in [0.25, 0.3) is 5.56 Å². The standard InChI is InChI=1S/C20H23N5O/c26-19-12-15-4-3-7-16(15)23-25(19)13-14-8-10-24(11-9-14)20-21-17-5-1-2-6-18(17)22-20/h1-2,5-6,12,14H,3-4,7-11,13H2,(H,21,22). The first kappa shape index (κ1) is 15.6. The van der Waals surface area contributed by atoms with Crippen molar-refractivity contribution in [3.05, 3.63) is 51.9 Å². The van der Waals surface area contributed by atoms with Crippen LogP contribution in [0.15, 0.2) is 35.1 Å². The van der Waals surface area contributed by atoms with Gasteiger partial charge in [-0.2, -0.15) is 5.10 Å². The van der Waals surface area contributed by atoms with Crippen LogP contribution in [-0.4, -0.2) is 32.8 Å². The van der Waals surface area contributed by atoms with E-state index in [0.717, 1.165) is 80.0 Å². The van der Waals surface area contributed by atoms with Crippen molar-refractivity contribution in [3.63, 3.8) is 0 Å². The van der Waals surface area contributed by atoms with Crippen LogP contribution < -0.4 is 10.5 Å². The topological polar surface area (TPSA) is 66.8 Å². The van der Waals surface area contributed by atoms with E-state index in [-0.39, 0.29) is 5.56 Å². The average Bonchev–Trinajstić information content (AvgIpc) is 3.29. The summed E-state index contributed by atoms with van der Waals surface area (Å²) in [7, 11) is 0. The minimum absolute atomic E-state index is 0.0605. The van der Waals surface area contributed by atoms with Gasteiger partial charge in [-0.05, 0) is 55.7 Å². The molecule has 0 unspecified atom stereocenters. The zero-order valence-corrected chi connectivity index (χ0v) is 14.8. The number of para-hydroxylation sites is 2. The van der Waals surface area contributed by atoms with E-state index in [2.05, 4.69) is 21.0 Å². The van der Waals surface area contributed by atoms with E-state index in [1.54, 1.807) is 10.7 Å². The molecule has 0 amide bonds. The molecule has 3 aromatic rings. The molecular formula is C20H23N5O. The molecule has 1 aliphatic heterocycles. The van der Waals surface area contributed by atoms with Crippen LogP contribution in [0.25, 0.3) is 11.0 Å². The number of nitrogens with zero attached hydrogens (tertiary/aromatic N) is 4. The van der Waals surface area contributed by atoms with Crippen LogP contribution in [0.1, 0.15) is 30.5 Å². The van der Waals surface area contributed by atoms with Crippen LogP contribution in [0.4, 0.5) is 5.95 Å². The lowest BCUT2D eigenvalue weighted by Crippen LogP contribution is -2.37. The average molecular weight is 349 g/mol. The largest absolute Gasteiger partial charge is 0.342 e. The van der Waals surface area contributed by atoms with Crippen LogP contribution >= 0.6 is 0 Å². The maximum Gasteiger partial charge on any atom is 0.267 e. The third-order valence-electron chi connectivity index (χ3n) is 5.75. The molecule has 134 valence electrons. The lowest BCUT2D eigenvalue weighted by atomic mass is 9.97. The number of rotatable bonds is 3. The lowest BCUT2D eigenvalue weighted by Gasteiger charge is -2.31. The number of hydrogen-bond acceptors (Lipinski definition) is 4. The van der Waals surface area contributed by atoms with Gasteiger partial charge in [0.1, 0.15) is 0 Å². The molecule has 0 atom stereocenters. The first-order valence-electron chi connectivity index (χ1n) is 9.56. The van der Waals surface area contributed by atoms with E-state index >= 15 is 0 Å². The third kappa shape index (κ3) is 2.79. The molecule has 0 radical (unpaired) electrons. The van der Waals surface area contributed by atoms with Crippen molar-refractivity contribution in [1.82, 2.24) is 19.7 Å². The molecule has 1 saturated heterocycles. The van der Waals surface area contributed by atoms with Crippen molar-refractivity contribution in [2.75, 3.05) is 18.0 Å². The zero-order valence-electron chi connectivity index (χ0n) is 14.8. The molecule has 1 fully saturated rings. The Morgan fingerprint density at radius 3 is 2.85 bits per heavy atom. The Bertz CT molecular complexity index is 964. The normalized spacial score (nSPS) is 17.8. The van der Waals surface area contributed by atoms with Crippen molar-refractivity contribution in [2.45, 2.75) is 38.6 Å². The summed E-state index contributed by atoms with van der Waals surface area (Å²) in [6, 6.07) is 9.94. The molecule has 6 nitrogen and oxygen atoms in total. The number of nitrogens with one attached hydrogen (secondary N) is 1. The molecule has 1 aromatic carbocycles. The maximum absolute atomic E-state index is 12.3. The quantitative estimate of drug-likeness (QED) is 0.789. The van der Waals surface area contributed by atoms with Crippen LogP contribution in [0, 0.1) is 5.92 Å².